The van der Waals surface area contributed by atoms with E-state index < -0.39 is 0 Å². The Labute approximate surface area is 217 Å². The Bertz CT molecular complexity index is 1270. The predicted octanol–water partition coefficient (Wildman–Crippen LogP) is 5.56. The van der Waals surface area contributed by atoms with E-state index in [0.29, 0.717) is 40.2 Å². The molecular weight excluding hydrogens is 474 g/mol. The molecule has 0 aliphatic carbocycles. The Hall–Kier alpha value is -4.59. The van der Waals surface area contributed by atoms with Crippen molar-refractivity contribution in [2.45, 2.75) is 0 Å². The van der Waals surface area contributed by atoms with E-state index in [-0.39, 0.29) is 5.91 Å². The van der Waals surface area contributed by atoms with Gasteiger partial charge in [-0.1, -0.05) is 18.2 Å². The molecule has 0 aliphatic heterocycles. The summed E-state index contributed by atoms with van der Waals surface area (Å²) < 4.78 is 32.2. The number of hydrogen-bond donors (Lipinski definition) is 1. The molecule has 0 aromatic heterocycles. The summed E-state index contributed by atoms with van der Waals surface area (Å²) >= 11 is 0. The van der Waals surface area contributed by atoms with E-state index in [4.69, 9.17) is 28.4 Å². The molecule has 1 N–H and O–H groups in total. The number of carbonyl (C=O) groups excluding carboxylic acids is 1. The summed E-state index contributed by atoms with van der Waals surface area (Å²) in [4.78, 5) is 12.7. The quantitative estimate of drug-likeness (QED) is 0.270. The largest absolute Gasteiger partial charge is 0.497 e. The molecule has 194 valence electrons. The number of carbonyl (C=O) groups is 1. The number of rotatable bonds is 11. The van der Waals surface area contributed by atoms with Crippen molar-refractivity contribution < 1.29 is 33.2 Å². The highest BCUT2D eigenvalue weighted by molar-refractivity contribution is 6.03. The Morgan fingerprint density at radius 3 is 1.86 bits per heavy atom. The van der Waals surface area contributed by atoms with Crippen molar-refractivity contribution in [1.29, 1.82) is 0 Å². The first-order valence-corrected chi connectivity index (χ1v) is 11.3. The molecule has 0 saturated carbocycles. The summed E-state index contributed by atoms with van der Waals surface area (Å²) in [7, 11) is 9.41. The summed E-state index contributed by atoms with van der Waals surface area (Å²) in [6.07, 6.45) is 6.91. The monoisotopic (exact) mass is 505 g/mol. The minimum absolute atomic E-state index is 0.289. The third-order valence-corrected chi connectivity index (χ3v) is 5.49. The van der Waals surface area contributed by atoms with Crippen LogP contribution in [0.5, 0.6) is 34.5 Å². The van der Waals surface area contributed by atoms with E-state index in [9.17, 15) is 4.79 Å². The maximum atomic E-state index is 12.7. The van der Waals surface area contributed by atoms with Gasteiger partial charge in [-0.05, 0) is 59.7 Å². The van der Waals surface area contributed by atoms with Gasteiger partial charge in [0.25, 0.3) is 0 Å². The fourth-order valence-electron chi connectivity index (χ4n) is 3.61. The van der Waals surface area contributed by atoms with Crippen LogP contribution in [0.15, 0.2) is 54.6 Å². The van der Waals surface area contributed by atoms with Gasteiger partial charge in [0.2, 0.25) is 11.7 Å². The first-order chi connectivity index (χ1) is 18.0. The van der Waals surface area contributed by atoms with Crippen LogP contribution in [0, 0.1) is 0 Å². The topological polar surface area (TPSA) is 84.5 Å². The van der Waals surface area contributed by atoms with E-state index >= 15 is 0 Å². The molecule has 0 atom stereocenters. The smallest absolute Gasteiger partial charge is 0.248 e. The molecule has 0 radical (unpaired) electrons. The van der Waals surface area contributed by atoms with Crippen LogP contribution in [-0.4, -0.2) is 48.6 Å². The SMILES string of the molecule is COc1ccc(NC(=O)/C=C/c2ccc(OC)c(OC)c2)c(C=Cc2cc(OC)c(OC)c(OC)c2)c1. The Morgan fingerprint density at radius 2 is 1.27 bits per heavy atom. The Morgan fingerprint density at radius 1 is 0.622 bits per heavy atom. The lowest BCUT2D eigenvalue weighted by atomic mass is 10.1. The predicted molar refractivity (Wildman–Crippen MR) is 145 cm³/mol. The van der Waals surface area contributed by atoms with Crippen molar-refractivity contribution in [3.05, 3.63) is 71.3 Å². The second-order valence-corrected chi connectivity index (χ2v) is 7.68. The molecule has 0 saturated heterocycles. The van der Waals surface area contributed by atoms with E-state index in [1.807, 2.05) is 36.4 Å². The highest BCUT2D eigenvalue weighted by Gasteiger charge is 2.12. The second kappa shape index (κ2) is 12.9. The van der Waals surface area contributed by atoms with Gasteiger partial charge < -0.3 is 33.7 Å². The number of anilines is 1. The minimum atomic E-state index is -0.289. The van der Waals surface area contributed by atoms with Crippen LogP contribution in [-0.2, 0) is 4.79 Å². The van der Waals surface area contributed by atoms with E-state index in [1.54, 1.807) is 73.0 Å². The van der Waals surface area contributed by atoms with Crippen LogP contribution < -0.4 is 33.7 Å². The summed E-state index contributed by atoms with van der Waals surface area (Å²) in [6, 6.07) is 14.5. The summed E-state index contributed by atoms with van der Waals surface area (Å²) in [5.41, 5.74) is 2.99. The van der Waals surface area contributed by atoms with Crippen molar-refractivity contribution in [2.24, 2.45) is 0 Å². The lowest BCUT2D eigenvalue weighted by molar-refractivity contribution is -0.111. The van der Waals surface area contributed by atoms with Crippen LogP contribution in [0.1, 0.15) is 16.7 Å². The zero-order chi connectivity index (χ0) is 26.8. The molecule has 0 heterocycles. The molecule has 1 amide bonds. The van der Waals surface area contributed by atoms with Gasteiger partial charge in [-0.3, -0.25) is 4.79 Å². The average Bonchev–Trinajstić information content (AvgIpc) is 2.94. The maximum absolute atomic E-state index is 12.7. The van der Waals surface area contributed by atoms with Crippen LogP contribution in [0.4, 0.5) is 5.69 Å². The molecule has 0 bridgehead atoms. The fourth-order valence-corrected chi connectivity index (χ4v) is 3.61. The lowest BCUT2D eigenvalue weighted by Gasteiger charge is -2.13. The molecule has 0 aliphatic rings. The molecule has 3 aromatic rings. The fraction of sp³-hybridized carbons (Fsp3) is 0.207. The van der Waals surface area contributed by atoms with Crippen molar-refractivity contribution in [3.8, 4) is 34.5 Å². The number of hydrogen-bond acceptors (Lipinski definition) is 7. The molecule has 8 heteroatoms. The van der Waals surface area contributed by atoms with E-state index in [2.05, 4.69) is 5.32 Å². The van der Waals surface area contributed by atoms with Crippen molar-refractivity contribution in [2.75, 3.05) is 48.0 Å². The average molecular weight is 506 g/mol. The van der Waals surface area contributed by atoms with Crippen molar-refractivity contribution in [3.63, 3.8) is 0 Å². The molecule has 8 nitrogen and oxygen atoms in total. The first kappa shape index (κ1) is 27.0. The highest BCUT2D eigenvalue weighted by Crippen LogP contribution is 2.39. The summed E-state index contributed by atoms with van der Waals surface area (Å²) in [5.74, 6) is 3.16. The zero-order valence-electron chi connectivity index (χ0n) is 21.8. The second-order valence-electron chi connectivity index (χ2n) is 7.68. The first-order valence-electron chi connectivity index (χ1n) is 11.3. The van der Waals surface area contributed by atoms with E-state index in [1.165, 1.54) is 6.08 Å². The van der Waals surface area contributed by atoms with Gasteiger partial charge in [0.05, 0.1) is 42.7 Å². The van der Waals surface area contributed by atoms with Gasteiger partial charge in [0.15, 0.2) is 23.0 Å². The van der Waals surface area contributed by atoms with Crippen LogP contribution in [0.3, 0.4) is 0 Å². The molecule has 37 heavy (non-hydrogen) atoms. The summed E-state index contributed by atoms with van der Waals surface area (Å²) in [5, 5.41) is 2.93. The van der Waals surface area contributed by atoms with Crippen LogP contribution >= 0.6 is 0 Å². The third kappa shape index (κ3) is 6.76. The molecule has 3 aromatic carbocycles. The third-order valence-electron chi connectivity index (χ3n) is 5.49. The van der Waals surface area contributed by atoms with Gasteiger partial charge in [-0.2, -0.15) is 0 Å². The van der Waals surface area contributed by atoms with Crippen LogP contribution in [0.25, 0.3) is 18.2 Å². The molecule has 3 rings (SSSR count). The van der Waals surface area contributed by atoms with Crippen molar-refractivity contribution in [1.82, 2.24) is 0 Å². The molecule has 0 fully saturated rings. The Balaban J connectivity index is 1.85. The maximum Gasteiger partial charge on any atom is 0.248 e. The Kier molecular flexibility index (Phi) is 9.43. The molecular formula is C29H31NO7. The number of methoxy groups -OCH3 is 6. The molecule has 0 unspecified atom stereocenters. The van der Waals surface area contributed by atoms with Gasteiger partial charge >= 0.3 is 0 Å². The number of nitrogens with one attached hydrogen (secondary N) is 1. The summed E-state index contributed by atoms with van der Waals surface area (Å²) in [6.45, 7) is 0. The number of amides is 1. The number of ether oxygens (including phenoxy) is 6. The number of benzene rings is 3. The zero-order valence-corrected chi connectivity index (χ0v) is 21.8. The standard InChI is InChI=1S/C29H31NO7/c1-32-22-11-12-23(30-28(31)14-9-19-8-13-24(33-2)25(15-19)34-3)21(18-22)10-7-20-16-26(35-4)29(37-6)27(17-20)36-5/h7-18H,1-6H3,(H,30,31)/b10-7?,14-9+. The molecule has 0 spiro atoms. The minimum Gasteiger partial charge on any atom is -0.497 e. The van der Waals surface area contributed by atoms with E-state index in [0.717, 1.165) is 16.7 Å². The van der Waals surface area contributed by atoms with Gasteiger partial charge in [-0.25, -0.2) is 0 Å². The van der Waals surface area contributed by atoms with Crippen molar-refractivity contribution >= 4 is 29.8 Å². The van der Waals surface area contributed by atoms with Gasteiger partial charge in [0.1, 0.15) is 5.75 Å². The normalized spacial score (nSPS) is 10.9. The lowest BCUT2D eigenvalue weighted by Crippen LogP contribution is -2.09. The van der Waals surface area contributed by atoms with Gasteiger partial charge in [0, 0.05) is 17.3 Å². The highest BCUT2D eigenvalue weighted by atomic mass is 16.5. The van der Waals surface area contributed by atoms with Gasteiger partial charge in [-0.15, -0.1) is 0 Å². The van der Waals surface area contributed by atoms with Crippen LogP contribution in [0.2, 0.25) is 0 Å².